The highest BCUT2D eigenvalue weighted by Gasteiger charge is 2.28. The Morgan fingerprint density at radius 2 is 2.00 bits per heavy atom. The molecule has 0 saturated carbocycles. The minimum atomic E-state index is -3.67. The van der Waals surface area contributed by atoms with E-state index in [1.807, 2.05) is 0 Å². The van der Waals surface area contributed by atoms with Gasteiger partial charge in [-0.15, -0.1) is 0 Å². The topological polar surface area (TPSA) is 89.3 Å². The number of aryl methyl sites for hydroxylation is 1. The number of rotatable bonds is 5. The SMILES string of the molecule is Cc1ccc(Br)cc1S(=O)(=O)NCC(C)(C)C(N)=O. The normalized spacial score (nSPS) is 12.4. The van der Waals surface area contributed by atoms with Gasteiger partial charge < -0.3 is 5.73 Å². The molecule has 1 aromatic carbocycles. The maximum atomic E-state index is 12.2. The van der Waals surface area contributed by atoms with E-state index in [-0.39, 0.29) is 11.4 Å². The molecule has 0 aliphatic rings. The Balaban J connectivity index is 3.00. The zero-order valence-electron chi connectivity index (χ0n) is 11.0. The second kappa shape index (κ2) is 5.60. The molecule has 0 spiro atoms. The van der Waals surface area contributed by atoms with Crippen molar-refractivity contribution in [1.29, 1.82) is 0 Å². The molecule has 1 amide bonds. The van der Waals surface area contributed by atoms with Crippen molar-refractivity contribution in [2.45, 2.75) is 25.7 Å². The fourth-order valence-corrected chi connectivity index (χ4v) is 3.30. The number of amides is 1. The number of hydrogen-bond acceptors (Lipinski definition) is 3. The quantitative estimate of drug-likeness (QED) is 0.845. The van der Waals surface area contributed by atoms with Gasteiger partial charge in [0.2, 0.25) is 15.9 Å². The Hall–Kier alpha value is -0.920. The zero-order chi connectivity index (χ0) is 14.8. The molecule has 19 heavy (non-hydrogen) atoms. The number of sulfonamides is 1. The monoisotopic (exact) mass is 348 g/mol. The van der Waals surface area contributed by atoms with Gasteiger partial charge in [-0.1, -0.05) is 22.0 Å². The van der Waals surface area contributed by atoms with E-state index in [9.17, 15) is 13.2 Å². The van der Waals surface area contributed by atoms with Crippen LogP contribution in [0.3, 0.4) is 0 Å². The molecule has 0 aliphatic heterocycles. The third-order valence-electron chi connectivity index (χ3n) is 2.81. The summed E-state index contributed by atoms with van der Waals surface area (Å²) in [6.45, 7) is 4.84. The van der Waals surface area contributed by atoms with Crippen molar-refractivity contribution < 1.29 is 13.2 Å². The summed E-state index contributed by atoms with van der Waals surface area (Å²) in [6.07, 6.45) is 0. The van der Waals surface area contributed by atoms with Gasteiger partial charge in [0.15, 0.2) is 0 Å². The minimum Gasteiger partial charge on any atom is -0.369 e. The molecule has 0 unspecified atom stereocenters. The Morgan fingerprint density at radius 3 is 2.53 bits per heavy atom. The summed E-state index contributed by atoms with van der Waals surface area (Å²) in [5.41, 5.74) is 4.91. The van der Waals surface area contributed by atoms with Gasteiger partial charge >= 0.3 is 0 Å². The standard InChI is InChI=1S/C12H17BrN2O3S/c1-8-4-5-9(13)6-10(8)19(17,18)15-7-12(2,3)11(14)16/h4-6,15H,7H2,1-3H3,(H2,14,16). The van der Waals surface area contributed by atoms with Crippen LogP contribution in [0, 0.1) is 12.3 Å². The van der Waals surface area contributed by atoms with Crippen LogP contribution in [0.1, 0.15) is 19.4 Å². The van der Waals surface area contributed by atoms with Crippen LogP contribution >= 0.6 is 15.9 Å². The second-order valence-corrected chi connectivity index (χ2v) is 7.63. The molecule has 0 saturated heterocycles. The third-order valence-corrected chi connectivity index (χ3v) is 4.85. The number of benzene rings is 1. The smallest absolute Gasteiger partial charge is 0.240 e. The molecule has 106 valence electrons. The number of carbonyl (C=O) groups is 1. The molecule has 0 fully saturated rings. The zero-order valence-corrected chi connectivity index (χ0v) is 13.4. The number of carbonyl (C=O) groups excluding carboxylic acids is 1. The fourth-order valence-electron chi connectivity index (χ4n) is 1.30. The summed E-state index contributed by atoms with van der Waals surface area (Å²) in [4.78, 5) is 11.4. The Bertz CT molecular complexity index is 597. The van der Waals surface area contributed by atoms with Crippen LogP contribution in [0.15, 0.2) is 27.6 Å². The first-order chi connectivity index (χ1) is 8.56. The summed E-state index contributed by atoms with van der Waals surface area (Å²) >= 11 is 3.24. The second-order valence-electron chi connectivity index (χ2n) is 4.98. The lowest BCUT2D eigenvalue weighted by molar-refractivity contribution is -0.125. The number of nitrogens with two attached hydrogens (primary N) is 1. The molecule has 0 heterocycles. The predicted octanol–water partition coefficient (Wildman–Crippen LogP) is 1.55. The van der Waals surface area contributed by atoms with Crippen LogP contribution < -0.4 is 10.5 Å². The van der Waals surface area contributed by atoms with E-state index in [4.69, 9.17) is 5.73 Å². The van der Waals surface area contributed by atoms with Crippen molar-refractivity contribution in [2.75, 3.05) is 6.54 Å². The van der Waals surface area contributed by atoms with Crippen molar-refractivity contribution >= 4 is 31.9 Å². The van der Waals surface area contributed by atoms with Gasteiger partial charge in [-0.05, 0) is 38.5 Å². The number of hydrogen-bond donors (Lipinski definition) is 2. The van der Waals surface area contributed by atoms with Gasteiger partial charge in [-0.2, -0.15) is 0 Å². The fraction of sp³-hybridized carbons (Fsp3) is 0.417. The van der Waals surface area contributed by atoms with Crippen molar-refractivity contribution in [1.82, 2.24) is 4.72 Å². The van der Waals surface area contributed by atoms with Crippen molar-refractivity contribution in [2.24, 2.45) is 11.1 Å². The van der Waals surface area contributed by atoms with Crippen LogP contribution in [-0.4, -0.2) is 20.9 Å². The van der Waals surface area contributed by atoms with Crippen LogP contribution in [0.25, 0.3) is 0 Å². The molecule has 0 aliphatic carbocycles. The average Bonchev–Trinajstić information content (AvgIpc) is 2.30. The Labute approximate surface area is 121 Å². The van der Waals surface area contributed by atoms with Crippen LogP contribution in [0.5, 0.6) is 0 Å². The van der Waals surface area contributed by atoms with Gasteiger partial charge in [-0.25, -0.2) is 13.1 Å². The molecule has 7 heteroatoms. The number of nitrogens with one attached hydrogen (secondary N) is 1. The molecule has 0 aromatic heterocycles. The highest BCUT2D eigenvalue weighted by Crippen LogP contribution is 2.21. The van der Waals surface area contributed by atoms with Crippen molar-refractivity contribution in [3.05, 3.63) is 28.2 Å². The minimum absolute atomic E-state index is 0.0450. The first-order valence-corrected chi connectivity index (χ1v) is 7.89. The first kappa shape index (κ1) is 16.1. The molecule has 0 bridgehead atoms. The summed E-state index contributed by atoms with van der Waals surface area (Å²) < 4.78 is 27.5. The highest BCUT2D eigenvalue weighted by molar-refractivity contribution is 9.10. The molecule has 3 N–H and O–H groups in total. The van der Waals surface area contributed by atoms with Crippen LogP contribution in [0.4, 0.5) is 0 Å². The molecule has 5 nitrogen and oxygen atoms in total. The summed E-state index contributed by atoms with van der Waals surface area (Å²) in [7, 11) is -3.67. The first-order valence-electron chi connectivity index (χ1n) is 5.62. The van der Waals surface area contributed by atoms with E-state index in [0.717, 1.165) is 0 Å². The third kappa shape index (κ3) is 4.02. The maximum Gasteiger partial charge on any atom is 0.240 e. The average molecular weight is 349 g/mol. The largest absolute Gasteiger partial charge is 0.369 e. The number of halogens is 1. The lowest BCUT2D eigenvalue weighted by atomic mass is 9.93. The van der Waals surface area contributed by atoms with E-state index < -0.39 is 21.3 Å². The van der Waals surface area contributed by atoms with Crippen LogP contribution in [0.2, 0.25) is 0 Å². The van der Waals surface area contributed by atoms with E-state index in [0.29, 0.717) is 10.0 Å². The summed E-state index contributed by atoms with van der Waals surface area (Å²) in [6, 6.07) is 4.99. The summed E-state index contributed by atoms with van der Waals surface area (Å²) in [5, 5.41) is 0. The predicted molar refractivity (Wildman–Crippen MR) is 77.0 cm³/mol. The van der Waals surface area contributed by atoms with Gasteiger partial charge in [0.05, 0.1) is 10.3 Å². The van der Waals surface area contributed by atoms with Gasteiger partial charge in [0.1, 0.15) is 0 Å². The van der Waals surface area contributed by atoms with Crippen molar-refractivity contribution in [3.63, 3.8) is 0 Å². The number of primary amides is 1. The van der Waals surface area contributed by atoms with E-state index in [1.165, 1.54) is 6.07 Å². The molecule has 1 rings (SSSR count). The van der Waals surface area contributed by atoms with Crippen LogP contribution in [-0.2, 0) is 14.8 Å². The molecule has 0 radical (unpaired) electrons. The van der Waals surface area contributed by atoms with Gasteiger partial charge in [0, 0.05) is 11.0 Å². The Kier molecular flexibility index (Phi) is 4.76. The summed E-state index contributed by atoms with van der Waals surface area (Å²) in [5.74, 6) is -0.554. The highest BCUT2D eigenvalue weighted by atomic mass is 79.9. The molecular formula is C12H17BrN2O3S. The van der Waals surface area contributed by atoms with Gasteiger partial charge in [0.25, 0.3) is 0 Å². The van der Waals surface area contributed by atoms with E-state index >= 15 is 0 Å². The maximum absolute atomic E-state index is 12.2. The Morgan fingerprint density at radius 1 is 1.42 bits per heavy atom. The molecular weight excluding hydrogens is 332 g/mol. The lowest BCUT2D eigenvalue weighted by Crippen LogP contribution is -2.42. The lowest BCUT2D eigenvalue weighted by Gasteiger charge is -2.21. The van der Waals surface area contributed by atoms with Crippen molar-refractivity contribution in [3.8, 4) is 0 Å². The van der Waals surface area contributed by atoms with E-state index in [1.54, 1.807) is 32.9 Å². The molecule has 0 atom stereocenters. The van der Waals surface area contributed by atoms with Gasteiger partial charge in [-0.3, -0.25) is 4.79 Å². The molecule has 1 aromatic rings. The van der Waals surface area contributed by atoms with E-state index in [2.05, 4.69) is 20.7 Å².